The molecule has 0 unspecified atom stereocenters. The molecule has 1 fully saturated rings. The van der Waals surface area contributed by atoms with E-state index in [9.17, 15) is 0 Å². The van der Waals surface area contributed by atoms with Crippen LogP contribution < -0.4 is 5.73 Å². The van der Waals surface area contributed by atoms with Crippen LogP contribution in [0.4, 0.5) is 0 Å². The molecule has 1 aromatic heterocycles. The molecule has 4 heteroatoms. The normalized spacial score (nSPS) is 26.5. The molecule has 2 rings (SSSR count). The quantitative estimate of drug-likeness (QED) is 0.660. The van der Waals surface area contributed by atoms with Crippen molar-refractivity contribution in [3.8, 4) is 12.3 Å². The van der Waals surface area contributed by atoms with Crippen LogP contribution in [0.25, 0.3) is 0 Å². The fourth-order valence-electron chi connectivity index (χ4n) is 1.53. The summed E-state index contributed by atoms with van der Waals surface area (Å²) in [7, 11) is 0. The molecule has 1 heterocycles. The van der Waals surface area contributed by atoms with Crippen LogP contribution >= 0.6 is 0 Å². The fourth-order valence-corrected chi connectivity index (χ4v) is 1.53. The maximum atomic E-state index is 5.43. The van der Waals surface area contributed by atoms with Crippen molar-refractivity contribution in [2.75, 3.05) is 0 Å². The van der Waals surface area contributed by atoms with E-state index in [2.05, 4.69) is 16.2 Å². The molecular formula is C9H12N4. The lowest BCUT2D eigenvalue weighted by atomic mass is 9.81. The number of aromatic nitrogens is 3. The van der Waals surface area contributed by atoms with E-state index in [0.29, 0.717) is 18.5 Å². The third-order valence-corrected chi connectivity index (χ3v) is 2.49. The molecule has 0 saturated heterocycles. The zero-order valence-corrected chi connectivity index (χ0v) is 7.35. The summed E-state index contributed by atoms with van der Waals surface area (Å²) in [4.78, 5) is 0. The molecule has 1 aromatic rings. The Morgan fingerprint density at radius 3 is 3.00 bits per heavy atom. The van der Waals surface area contributed by atoms with E-state index in [-0.39, 0.29) is 0 Å². The van der Waals surface area contributed by atoms with Crippen LogP contribution in [0.1, 0.15) is 24.6 Å². The van der Waals surface area contributed by atoms with Crippen molar-refractivity contribution < 1.29 is 0 Å². The van der Waals surface area contributed by atoms with Gasteiger partial charge in [0.1, 0.15) is 0 Å². The minimum absolute atomic E-state index is 0.426. The average Bonchev–Trinajstić information content (AvgIpc) is 2.51. The van der Waals surface area contributed by atoms with E-state index < -0.39 is 0 Å². The number of nitrogens with two attached hydrogens (primary N) is 1. The van der Waals surface area contributed by atoms with Gasteiger partial charge in [0.2, 0.25) is 0 Å². The first-order valence-electron chi connectivity index (χ1n) is 4.40. The lowest BCUT2D eigenvalue weighted by Crippen LogP contribution is -2.26. The molecule has 13 heavy (non-hydrogen) atoms. The highest BCUT2D eigenvalue weighted by Crippen LogP contribution is 2.36. The largest absolute Gasteiger partial charge is 0.325 e. The van der Waals surface area contributed by atoms with Crippen LogP contribution in [0.15, 0.2) is 6.20 Å². The summed E-state index contributed by atoms with van der Waals surface area (Å²) in [5.74, 6) is 3.16. The smallest absolute Gasteiger partial charge is 0.0962 e. The van der Waals surface area contributed by atoms with Gasteiger partial charge in [-0.15, -0.1) is 17.4 Å². The number of nitrogens with zero attached hydrogens (tertiary/aromatic N) is 3. The summed E-state index contributed by atoms with van der Waals surface area (Å²) in [6.07, 6.45) is 9.23. The summed E-state index contributed by atoms with van der Waals surface area (Å²) in [6.45, 7) is 0.450. The van der Waals surface area contributed by atoms with E-state index in [1.165, 1.54) is 0 Å². The Labute approximate surface area is 77.1 Å². The van der Waals surface area contributed by atoms with E-state index >= 15 is 0 Å². The van der Waals surface area contributed by atoms with Crippen molar-refractivity contribution in [3.05, 3.63) is 11.9 Å². The summed E-state index contributed by atoms with van der Waals surface area (Å²) in [6, 6.07) is 0.439. The predicted molar refractivity (Wildman–Crippen MR) is 48.5 cm³/mol. The van der Waals surface area contributed by atoms with Crippen LogP contribution in [-0.4, -0.2) is 15.0 Å². The number of hydrogen-bond donors (Lipinski definition) is 1. The Balaban J connectivity index is 2.00. The third-order valence-electron chi connectivity index (χ3n) is 2.49. The Bertz CT molecular complexity index is 330. The Morgan fingerprint density at radius 1 is 1.69 bits per heavy atom. The molecule has 0 aliphatic heterocycles. The van der Waals surface area contributed by atoms with Crippen molar-refractivity contribution in [2.45, 2.75) is 25.4 Å². The molecule has 0 bridgehead atoms. The summed E-state index contributed by atoms with van der Waals surface area (Å²) < 4.78 is 1.87. The third kappa shape index (κ3) is 1.43. The standard InChI is InChI=1S/C9H12N4/c1-2-7-3-9(4-7)13-6-8(5-10)11-12-13/h1,6-7,9H,3-5,10H2. The number of rotatable bonds is 2. The van der Waals surface area contributed by atoms with Gasteiger partial charge >= 0.3 is 0 Å². The van der Waals surface area contributed by atoms with Gasteiger partial charge in [0.25, 0.3) is 0 Å². The molecule has 0 spiro atoms. The molecule has 4 nitrogen and oxygen atoms in total. The molecule has 1 aliphatic rings. The van der Waals surface area contributed by atoms with Crippen LogP contribution in [0.2, 0.25) is 0 Å². The van der Waals surface area contributed by atoms with Gasteiger partial charge < -0.3 is 5.73 Å². The average molecular weight is 176 g/mol. The van der Waals surface area contributed by atoms with Crippen molar-refractivity contribution in [2.24, 2.45) is 11.7 Å². The second-order valence-electron chi connectivity index (χ2n) is 3.38. The summed E-state index contributed by atoms with van der Waals surface area (Å²) in [5, 5.41) is 7.92. The highest BCUT2D eigenvalue weighted by molar-refractivity contribution is 5.03. The Morgan fingerprint density at radius 2 is 2.46 bits per heavy atom. The van der Waals surface area contributed by atoms with Gasteiger partial charge in [-0.3, -0.25) is 0 Å². The summed E-state index contributed by atoms with van der Waals surface area (Å²) >= 11 is 0. The molecule has 0 atom stereocenters. The van der Waals surface area contributed by atoms with Crippen LogP contribution in [0.3, 0.4) is 0 Å². The maximum absolute atomic E-state index is 5.43. The molecular weight excluding hydrogens is 164 g/mol. The zero-order valence-electron chi connectivity index (χ0n) is 7.35. The van der Waals surface area contributed by atoms with Crippen LogP contribution in [0, 0.1) is 18.3 Å². The van der Waals surface area contributed by atoms with Crippen LogP contribution in [0.5, 0.6) is 0 Å². The highest BCUT2D eigenvalue weighted by Gasteiger charge is 2.29. The first kappa shape index (κ1) is 8.27. The topological polar surface area (TPSA) is 56.7 Å². The van der Waals surface area contributed by atoms with Gasteiger partial charge in [0.05, 0.1) is 17.9 Å². The van der Waals surface area contributed by atoms with Gasteiger partial charge in [-0.25, -0.2) is 4.68 Å². The predicted octanol–water partition coefficient (Wildman–Crippen LogP) is 0.321. The first-order chi connectivity index (χ1) is 6.33. The van der Waals surface area contributed by atoms with Gasteiger partial charge in [0.15, 0.2) is 0 Å². The molecule has 0 amide bonds. The second-order valence-corrected chi connectivity index (χ2v) is 3.38. The van der Waals surface area contributed by atoms with E-state index in [1.807, 2.05) is 10.9 Å². The molecule has 2 N–H and O–H groups in total. The number of terminal acetylenes is 1. The second kappa shape index (κ2) is 3.19. The molecule has 1 saturated carbocycles. The van der Waals surface area contributed by atoms with E-state index in [0.717, 1.165) is 18.5 Å². The SMILES string of the molecule is C#CC1CC(n2cc(CN)nn2)C1. The van der Waals surface area contributed by atoms with Gasteiger partial charge in [-0.2, -0.15) is 0 Å². The maximum Gasteiger partial charge on any atom is 0.0962 e. The first-order valence-corrected chi connectivity index (χ1v) is 4.40. The fraction of sp³-hybridized carbons (Fsp3) is 0.556. The van der Waals surface area contributed by atoms with E-state index in [1.54, 1.807) is 0 Å². The Kier molecular flexibility index (Phi) is 2.03. The van der Waals surface area contributed by atoms with Gasteiger partial charge in [-0.05, 0) is 12.8 Å². The van der Waals surface area contributed by atoms with E-state index in [4.69, 9.17) is 12.2 Å². The van der Waals surface area contributed by atoms with Crippen LogP contribution in [-0.2, 0) is 6.54 Å². The van der Waals surface area contributed by atoms with Crippen molar-refractivity contribution >= 4 is 0 Å². The molecule has 68 valence electrons. The lowest BCUT2D eigenvalue weighted by molar-refractivity contribution is 0.228. The minimum Gasteiger partial charge on any atom is -0.325 e. The minimum atomic E-state index is 0.426. The molecule has 0 aromatic carbocycles. The van der Waals surface area contributed by atoms with Gasteiger partial charge in [0, 0.05) is 12.5 Å². The summed E-state index contributed by atoms with van der Waals surface area (Å²) in [5.41, 5.74) is 6.27. The number of hydrogen-bond acceptors (Lipinski definition) is 3. The van der Waals surface area contributed by atoms with Crippen molar-refractivity contribution in [1.29, 1.82) is 0 Å². The zero-order chi connectivity index (χ0) is 9.26. The lowest BCUT2D eigenvalue weighted by Gasteiger charge is -2.31. The molecule has 1 aliphatic carbocycles. The van der Waals surface area contributed by atoms with Gasteiger partial charge in [-0.1, -0.05) is 5.21 Å². The Hall–Kier alpha value is -1.34. The van der Waals surface area contributed by atoms with Crippen molar-refractivity contribution in [1.82, 2.24) is 15.0 Å². The monoisotopic (exact) mass is 176 g/mol. The van der Waals surface area contributed by atoms with Crippen molar-refractivity contribution in [3.63, 3.8) is 0 Å². The molecule has 0 radical (unpaired) electrons. The highest BCUT2D eigenvalue weighted by atomic mass is 15.4.